The van der Waals surface area contributed by atoms with E-state index in [0.29, 0.717) is 13.0 Å². The highest BCUT2D eigenvalue weighted by molar-refractivity contribution is 5.80. The summed E-state index contributed by atoms with van der Waals surface area (Å²) >= 11 is 0. The Hall–Kier alpha value is -3.47. The summed E-state index contributed by atoms with van der Waals surface area (Å²) in [7, 11) is 1.68. The van der Waals surface area contributed by atoms with Crippen LogP contribution >= 0.6 is 0 Å². The number of carbonyl (C=O) groups excluding carboxylic acids is 1. The topological polar surface area (TPSA) is 56.8 Å². The number of methoxy groups -OCH3 is 1. The molecule has 0 unspecified atom stereocenters. The highest BCUT2D eigenvalue weighted by Gasteiger charge is 2.30. The summed E-state index contributed by atoms with van der Waals surface area (Å²) < 4.78 is 17.9. The van der Waals surface area contributed by atoms with Crippen molar-refractivity contribution in [3.05, 3.63) is 83.9 Å². The third kappa shape index (κ3) is 5.79. The zero-order chi connectivity index (χ0) is 24.0. The second-order valence-corrected chi connectivity index (χ2v) is 9.58. The van der Waals surface area contributed by atoms with Crippen LogP contribution in [0.2, 0.25) is 0 Å². The number of para-hydroxylation sites is 1. The Morgan fingerprint density at radius 1 is 0.886 bits per heavy atom. The van der Waals surface area contributed by atoms with Crippen LogP contribution in [0, 0.1) is 5.92 Å². The van der Waals surface area contributed by atoms with Crippen LogP contribution in [0.3, 0.4) is 0 Å². The Morgan fingerprint density at radius 3 is 2.49 bits per heavy atom. The van der Waals surface area contributed by atoms with E-state index in [9.17, 15) is 4.79 Å². The monoisotopic (exact) mass is 471 g/mol. The highest BCUT2D eigenvalue weighted by Crippen LogP contribution is 2.37. The first-order chi connectivity index (χ1) is 17.2. The van der Waals surface area contributed by atoms with E-state index < -0.39 is 0 Å². The van der Waals surface area contributed by atoms with Crippen molar-refractivity contribution in [3.63, 3.8) is 0 Å². The predicted octanol–water partition coefficient (Wildman–Crippen LogP) is 6.27. The summed E-state index contributed by atoms with van der Waals surface area (Å²) in [6.45, 7) is 0.641. The van der Waals surface area contributed by atoms with Crippen molar-refractivity contribution in [3.8, 4) is 23.0 Å². The average Bonchev–Trinajstić information content (AvgIpc) is 3.39. The van der Waals surface area contributed by atoms with Gasteiger partial charge in [0.25, 0.3) is 0 Å². The molecule has 1 saturated heterocycles. The molecule has 0 radical (unpaired) electrons. The van der Waals surface area contributed by atoms with E-state index in [0.717, 1.165) is 47.8 Å². The van der Waals surface area contributed by atoms with Crippen LogP contribution in [0.5, 0.6) is 23.0 Å². The minimum Gasteiger partial charge on any atom is -0.493 e. The number of rotatable bonds is 8. The molecule has 0 bridgehead atoms. The Balaban J connectivity index is 1.28. The molecule has 3 aromatic carbocycles. The second kappa shape index (κ2) is 10.9. The molecule has 5 rings (SSSR count). The van der Waals surface area contributed by atoms with Gasteiger partial charge in [0.1, 0.15) is 11.5 Å². The lowest BCUT2D eigenvalue weighted by Gasteiger charge is -2.30. The van der Waals surface area contributed by atoms with Gasteiger partial charge in [0.15, 0.2) is 11.5 Å². The van der Waals surface area contributed by atoms with Gasteiger partial charge in [0.2, 0.25) is 5.91 Å². The van der Waals surface area contributed by atoms with Crippen molar-refractivity contribution in [1.82, 2.24) is 5.32 Å². The molecular weight excluding hydrogens is 438 g/mol. The summed E-state index contributed by atoms with van der Waals surface area (Å²) in [4.78, 5) is 12.8. The van der Waals surface area contributed by atoms with Crippen molar-refractivity contribution in [2.45, 2.75) is 50.5 Å². The summed E-state index contributed by atoms with van der Waals surface area (Å²) in [6.07, 6.45) is 6.38. The maximum Gasteiger partial charge on any atom is 0.223 e. The Labute approximate surface area is 207 Å². The molecular formula is C30H33NO4. The number of benzene rings is 3. The number of ether oxygens (including phenoxy) is 3. The fraction of sp³-hybridized carbons (Fsp3) is 0.367. The van der Waals surface area contributed by atoms with Crippen LogP contribution in [0.4, 0.5) is 0 Å². The molecule has 0 aromatic heterocycles. The van der Waals surface area contributed by atoms with Crippen molar-refractivity contribution in [2.24, 2.45) is 5.92 Å². The van der Waals surface area contributed by atoms with Gasteiger partial charge in [-0.1, -0.05) is 36.4 Å². The minimum absolute atomic E-state index is 0.0953. The SMILES string of the molecule is COc1ccc([C@H]2CNC(=O)[C@H](Cc3cccc(Oc4ccccc4)c3)C2)cc1OC1CCCC1. The van der Waals surface area contributed by atoms with Gasteiger partial charge in [-0.2, -0.15) is 0 Å². The molecule has 0 spiro atoms. The molecule has 5 heteroatoms. The zero-order valence-corrected chi connectivity index (χ0v) is 20.2. The zero-order valence-electron chi connectivity index (χ0n) is 20.2. The van der Waals surface area contributed by atoms with Gasteiger partial charge in [-0.25, -0.2) is 0 Å². The maximum absolute atomic E-state index is 12.8. The van der Waals surface area contributed by atoms with E-state index in [1.165, 1.54) is 18.4 Å². The molecule has 5 nitrogen and oxygen atoms in total. The molecule has 1 amide bonds. The largest absolute Gasteiger partial charge is 0.493 e. The molecule has 1 aliphatic heterocycles. The average molecular weight is 472 g/mol. The number of nitrogens with one attached hydrogen (secondary N) is 1. The number of amides is 1. The van der Waals surface area contributed by atoms with Gasteiger partial charge in [0, 0.05) is 18.4 Å². The van der Waals surface area contributed by atoms with Gasteiger partial charge in [-0.15, -0.1) is 0 Å². The number of piperidine rings is 1. The first kappa shape index (κ1) is 23.3. The fourth-order valence-corrected chi connectivity index (χ4v) is 5.20. The van der Waals surface area contributed by atoms with E-state index in [1.807, 2.05) is 54.6 Å². The van der Waals surface area contributed by atoms with E-state index >= 15 is 0 Å². The Kier molecular flexibility index (Phi) is 7.22. The van der Waals surface area contributed by atoms with Crippen LogP contribution in [0.25, 0.3) is 0 Å². The van der Waals surface area contributed by atoms with Crippen molar-refractivity contribution < 1.29 is 19.0 Å². The lowest BCUT2D eigenvalue weighted by molar-refractivity contribution is -0.126. The number of hydrogen-bond donors (Lipinski definition) is 1. The van der Waals surface area contributed by atoms with Gasteiger partial charge in [0.05, 0.1) is 13.2 Å². The van der Waals surface area contributed by atoms with Crippen LogP contribution in [-0.4, -0.2) is 25.7 Å². The van der Waals surface area contributed by atoms with Gasteiger partial charge < -0.3 is 19.5 Å². The van der Waals surface area contributed by atoms with E-state index in [4.69, 9.17) is 14.2 Å². The van der Waals surface area contributed by atoms with E-state index in [-0.39, 0.29) is 23.8 Å². The van der Waals surface area contributed by atoms with Crippen molar-refractivity contribution in [1.29, 1.82) is 0 Å². The molecule has 2 atom stereocenters. The first-order valence-electron chi connectivity index (χ1n) is 12.6. The molecule has 35 heavy (non-hydrogen) atoms. The first-order valence-corrected chi connectivity index (χ1v) is 12.6. The standard InChI is InChI=1S/C30H33NO4/c1-33-28-15-14-22(19-29(28)35-26-11-5-6-12-26)24-18-23(30(32)31-20-24)16-21-8-7-13-27(17-21)34-25-9-3-2-4-10-25/h2-4,7-10,13-15,17,19,23-24,26H,5-6,11-12,16,18,20H2,1H3,(H,31,32)/t23-,24-/m1/s1. The minimum atomic E-state index is -0.0953. The molecule has 2 aliphatic rings. The number of carbonyl (C=O) groups is 1. The van der Waals surface area contributed by atoms with Crippen LogP contribution in [0.1, 0.15) is 49.1 Å². The van der Waals surface area contributed by atoms with E-state index in [1.54, 1.807) is 7.11 Å². The third-order valence-electron chi connectivity index (χ3n) is 7.08. The molecule has 2 fully saturated rings. The van der Waals surface area contributed by atoms with Crippen molar-refractivity contribution in [2.75, 3.05) is 13.7 Å². The summed E-state index contributed by atoms with van der Waals surface area (Å²) in [5.74, 6) is 3.43. The normalized spacial score (nSPS) is 20.3. The van der Waals surface area contributed by atoms with Crippen molar-refractivity contribution >= 4 is 5.91 Å². The fourth-order valence-electron chi connectivity index (χ4n) is 5.20. The molecule has 1 heterocycles. The highest BCUT2D eigenvalue weighted by atomic mass is 16.5. The van der Waals surface area contributed by atoms with Gasteiger partial charge >= 0.3 is 0 Å². The van der Waals surface area contributed by atoms with Gasteiger partial charge in [-0.05, 0) is 86.1 Å². The lowest BCUT2D eigenvalue weighted by atomic mass is 9.82. The van der Waals surface area contributed by atoms with Crippen LogP contribution in [0.15, 0.2) is 72.8 Å². The Bertz CT molecular complexity index is 1140. The third-order valence-corrected chi connectivity index (χ3v) is 7.08. The summed E-state index contributed by atoms with van der Waals surface area (Å²) in [5, 5.41) is 3.13. The lowest BCUT2D eigenvalue weighted by Crippen LogP contribution is -2.41. The molecule has 1 aliphatic carbocycles. The second-order valence-electron chi connectivity index (χ2n) is 9.58. The van der Waals surface area contributed by atoms with E-state index in [2.05, 4.69) is 23.5 Å². The Morgan fingerprint density at radius 2 is 1.69 bits per heavy atom. The number of hydrogen-bond acceptors (Lipinski definition) is 4. The summed E-state index contributed by atoms with van der Waals surface area (Å²) in [6, 6.07) is 24.0. The van der Waals surface area contributed by atoms with Crippen LogP contribution in [-0.2, 0) is 11.2 Å². The molecule has 1 saturated carbocycles. The summed E-state index contributed by atoms with van der Waals surface area (Å²) in [5.41, 5.74) is 2.28. The molecule has 182 valence electrons. The molecule has 1 N–H and O–H groups in total. The smallest absolute Gasteiger partial charge is 0.223 e. The van der Waals surface area contributed by atoms with Crippen LogP contribution < -0.4 is 19.5 Å². The van der Waals surface area contributed by atoms with Gasteiger partial charge in [-0.3, -0.25) is 4.79 Å². The molecule has 3 aromatic rings. The predicted molar refractivity (Wildman–Crippen MR) is 136 cm³/mol. The quantitative estimate of drug-likeness (QED) is 0.421. The maximum atomic E-state index is 12.8.